The first kappa shape index (κ1) is 14.0. The molecule has 18 heavy (non-hydrogen) atoms. The maximum atomic E-state index is 5.43. The molecule has 1 aliphatic rings. The van der Waals surface area contributed by atoms with Gasteiger partial charge in [0.1, 0.15) is 0 Å². The van der Waals surface area contributed by atoms with Crippen molar-refractivity contribution in [2.45, 2.75) is 19.4 Å². The summed E-state index contributed by atoms with van der Waals surface area (Å²) in [6.45, 7) is 5.26. The first-order chi connectivity index (χ1) is 8.88. The highest BCUT2D eigenvalue weighted by atomic mass is 79.9. The van der Waals surface area contributed by atoms with E-state index in [0.717, 1.165) is 37.6 Å². The number of halogens is 1. The minimum atomic E-state index is 0.807. The van der Waals surface area contributed by atoms with Gasteiger partial charge in [0.25, 0.3) is 0 Å². The zero-order chi connectivity index (χ0) is 12.6. The maximum Gasteiger partial charge on any atom is 0.0469 e. The summed E-state index contributed by atoms with van der Waals surface area (Å²) < 4.78 is 5.43. The largest absolute Gasteiger partial charge is 0.381 e. The Morgan fingerprint density at radius 2 is 1.89 bits per heavy atom. The molecule has 0 spiro atoms. The zero-order valence-corrected chi connectivity index (χ0v) is 12.4. The van der Waals surface area contributed by atoms with E-state index in [1.165, 1.54) is 24.9 Å². The second-order valence-corrected chi connectivity index (χ2v) is 5.76. The van der Waals surface area contributed by atoms with E-state index < -0.39 is 0 Å². The van der Waals surface area contributed by atoms with Crippen molar-refractivity contribution in [3.8, 4) is 0 Å². The van der Waals surface area contributed by atoms with Crippen LogP contribution in [0.2, 0.25) is 0 Å². The number of ether oxygens (including phenoxy) is 1. The molecule has 1 aromatic rings. The number of nitrogens with zero attached hydrogens (tertiary/aromatic N) is 1. The molecule has 2 nitrogen and oxygen atoms in total. The molecule has 1 aromatic carbocycles. The first-order valence-electron chi connectivity index (χ1n) is 6.78. The summed E-state index contributed by atoms with van der Waals surface area (Å²) in [6.07, 6.45) is 2.43. The lowest BCUT2D eigenvalue weighted by molar-refractivity contribution is 0.0523. The fourth-order valence-electron chi connectivity index (χ4n) is 2.49. The van der Waals surface area contributed by atoms with Crippen LogP contribution in [0.25, 0.3) is 0 Å². The molecule has 1 fully saturated rings. The standard InChI is InChI=1S/C15H22BrNO/c16-8-9-17(12-14-4-2-1-3-5-14)13-15-6-10-18-11-7-15/h1-5,15H,6-13H2. The zero-order valence-electron chi connectivity index (χ0n) is 10.9. The van der Waals surface area contributed by atoms with Crippen molar-refractivity contribution in [1.82, 2.24) is 4.90 Å². The molecule has 0 unspecified atom stereocenters. The van der Waals surface area contributed by atoms with Gasteiger partial charge in [-0.2, -0.15) is 0 Å². The fraction of sp³-hybridized carbons (Fsp3) is 0.600. The Morgan fingerprint density at radius 3 is 2.56 bits per heavy atom. The molecule has 1 saturated heterocycles. The van der Waals surface area contributed by atoms with E-state index in [0.29, 0.717) is 0 Å². The van der Waals surface area contributed by atoms with Gasteiger partial charge < -0.3 is 4.74 Å². The highest BCUT2D eigenvalue weighted by Crippen LogP contribution is 2.17. The molecule has 2 rings (SSSR count). The average Bonchev–Trinajstić information content (AvgIpc) is 2.41. The molecule has 0 amide bonds. The van der Waals surface area contributed by atoms with Crippen molar-refractivity contribution < 1.29 is 4.74 Å². The van der Waals surface area contributed by atoms with Crippen molar-refractivity contribution in [3.63, 3.8) is 0 Å². The lowest BCUT2D eigenvalue weighted by atomic mass is 9.99. The lowest BCUT2D eigenvalue weighted by Crippen LogP contribution is -2.33. The topological polar surface area (TPSA) is 12.5 Å². The number of rotatable bonds is 6. The number of hydrogen-bond acceptors (Lipinski definition) is 2. The molecular weight excluding hydrogens is 290 g/mol. The van der Waals surface area contributed by atoms with Gasteiger partial charge >= 0.3 is 0 Å². The van der Waals surface area contributed by atoms with Crippen LogP contribution in [0.5, 0.6) is 0 Å². The third kappa shape index (κ3) is 4.71. The average molecular weight is 312 g/mol. The second-order valence-electron chi connectivity index (χ2n) is 4.97. The van der Waals surface area contributed by atoms with Crippen molar-refractivity contribution in [1.29, 1.82) is 0 Å². The van der Waals surface area contributed by atoms with Gasteiger partial charge in [0.2, 0.25) is 0 Å². The van der Waals surface area contributed by atoms with Crippen molar-refractivity contribution in [2.75, 3.05) is 31.6 Å². The van der Waals surface area contributed by atoms with Crippen LogP contribution in [-0.4, -0.2) is 36.5 Å². The number of hydrogen-bond donors (Lipinski definition) is 0. The van der Waals surface area contributed by atoms with Gasteiger partial charge in [0, 0.05) is 38.2 Å². The maximum absolute atomic E-state index is 5.43. The van der Waals surface area contributed by atoms with E-state index in [2.05, 4.69) is 51.2 Å². The van der Waals surface area contributed by atoms with Gasteiger partial charge in [-0.05, 0) is 24.3 Å². The van der Waals surface area contributed by atoms with Crippen molar-refractivity contribution in [2.24, 2.45) is 5.92 Å². The van der Waals surface area contributed by atoms with Crippen LogP contribution in [0.4, 0.5) is 0 Å². The first-order valence-corrected chi connectivity index (χ1v) is 7.90. The van der Waals surface area contributed by atoms with E-state index >= 15 is 0 Å². The fourth-order valence-corrected chi connectivity index (χ4v) is 2.99. The Bertz CT molecular complexity index is 325. The molecule has 1 heterocycles. The lowest BCUT2D eigenvalue weighted by Gasteiger charge is -2.29. The van der Waals surface area contributed by atoms with Gasteiger partial charge in [0.15, 0.2) is 0 Å². The Hall–Kier alpha value is -0.380. The van der Waals surface area contributed by atoms with Crippen LogP contribution < -0.4 is 0 Å². The van der Waals surface area contributed by atoms with Crippen molar-refractivity contribution >= 4 is 15.9 Å². The van der Waals surface area contributed by atoms with Crippen molar-refractivity contribution in [3.05, 3.63) is 35.9 Å². The van der Waals surface area contributed by atoms with Gasteiger partial charge in [-0.15, -0.1) is 0 Å². The van der Waals surface area contributed by atoms with Gasteiger partial charge in [0.05, 0.1) is 0 Å². The van der Waals surface area contributed by atoms with Gasteiger partial charge in [-0.1, -0.05) is 46.3 Å². The smallest absolute Gasteiger partial charge is 0.0469 e. The summed E-state index contributed by atoms with van der Waals surface area (Å²) in [5.74, 6) is 0.807. The van der Waals surface area contributed by atoms with Crippen LogP contribution in [0.3, 0.4) is 0 Å². The minimum Gasteiger partial charge on any atom is -0.381 e. The highest BCUT2D eigenvalue weighted by molar-refractivity contribution is 9.09. The molecule has 0 saturated carbocycles. The van der Waals surface area contributed by atoms with E-state index in [-0.39, 0.29) is 0 Å². The summed E-state index contributed by atoms with van der Waals surface area (Å²) in [5, 5.41) is 1.04. The van der Waals surface area contributed by atoms with Crippen LogP contribution in [0, 0.1) is 5.92 Å². The molecule has 0 bridgehead atoms. The van der Waals surface area contributed by atoms with Crippen LogP contribution in [0.1, 0.15) is 18.4 Å². The third-order valence-electron chi connectivity index (χ3n) is 3.51. The predicted octanol–water partition coefficient (Wildman–Crippen LogP) is 3.31. The summed E-state index contributed by atoms with van der Waals surface area (Å²) in [5.41, 5.74) is 1.41. The quantitative estimate of drug-likeness (QED) is 0.747. The number of alkyl halides is 1. The predicted molar refractivity (Wildman–Crippen MR) is 79.1 cm³/mol. The summed E-state index contributed by atoms with van der Waals surface area (Å²) in [7, 11) is 0. The summed E-state index contributed by atoms with van der Waals surface area (Å²) >= 11 is 3.56. The van der Waals surface area contributed by atoms with Crippen LogP contribution >= 0.6 is 15.9 Å². The van der Waals surface area contributed by atoms with E-state index in [4.69, 9.17) is 4.74 Å². The molecule has 1 aliphatic heterocycles. The Balaban J connectivity index is 1.86. The summed E-state index contributed by atoms with van der Waals surface area (Å²) in [6, 6.07) is 10.7. The van der Waals surface area contributed by atoms with E-state index in [9.17, 15) is 0 Å². The Kier molecular flexibility index (Phi) is 6.18. The second kappa shape index (κ2) is 7.93. The monoisotopic (exact) mass is 311 g/mol. The summed E-state index contributed by atoms with van der Waals surface area (Å²) in [4.78, 5) is 2.56. The normalized spacial score (nSPS) is 17.2. The van der Waals surface area contributed by atoms with Crippen LogP contribution in [0.15, 0.2) is 30.3 Å². The molecule has 0 radical (unpaired) electrons. The SMILES string of the molecule is BrCCN(Cc1ccccc1)CC1CCOCC1. The molecule has 0 atom stereocenters. The molecule has 0 aromatic heterocycles. The Labute approximate surface area is 118 Å². The number of benzene rings is 1. The van der Waals surface area contributed by atoms with Gasteiger partial charge in [-0.3, -0.25) is 4.90 Å². The third-order valence-corrected chi connectivity index (χ3v) is 3.86. The van der Waals surface area contributed by atoms with E-state index in [1.807, 2.05) is 0 Å². The highest BCUT2D eigenvalue weighted by Gasteiger charge is 2.17. The molecular formula is C15H22BrNO. The molecule has 100 valence electrons. The molecule has 3 heteroatoms. The minimum absolute atomic E-state index is 0.807. The van der Waals surface area contributed by atoms with Gasteiger partial charge in [-0.25, -0.2) is 0 Å². The molecule has 0 aliphatic carbocycles. The Morgan fingerprint density at radius 1 is 1.17 bits per heavy atom. The molecule has 0 N–H and O–H groups in total. The van der Waals surface area contributed by atoms with E-state index in [1.54, 1.807) is 0 Å². The van der Waals surface area contributed by atoms with Crippen LogP contribution in [-0.2, 0) is 11.3 Å².